The van der Waals surface area contributed by atoms with Gasteiger partial charge in [0.1, 0.15) is 0 Å². The zero-order chi connectivity index (χ0) is 19.6. The zero-order valence-corrected chi connectivity index (χ0v) is 16.6. The van der Waals surface area contributed by atoms with Crippen LogP contribution >= 0.6 is 0 Å². The number of hydrogen-bond donors (Lipinski definition) is 1. The quantitative estimate of drug-likeness (QED) is 0.889. The molecule has 0 spiro atoms. The summed E-state index contributed by atoms with van der Waals surface area (Å²) in [6, 6.07) is 15.7. The third-order valence-electron chi connectivity index (χ3n) is 5.12. The first-order valence-electron chi connectivity index (χ1n) is 9.50. The molecule has 2 amide bonds. The van der Waals surface area contributed by atoms with Gasteiger partial charge in [-0.2, -0.15) is 0 Å². The highest BCUT2D eigenvalue weighted by Gasteiger charge is 2.30. The Hall–Kier alpha value is -2.62. The van der Waals surface area contributed by atoms with E-state index in [0.29, 0.717) is 25.1 Å². The van der Waals surface area contributed by atoms with Crippen molar-refractivity contribution in [1.29, 1.82) is 0 Å². The summed E-state index contributed by atoms with van der Waals surface area (Å²) in [6.07, 6.45) is 0.469. The van der Waals surface area contributed by atoms with Crippen LogP contribution in [0.15, 0.2) is 48.5 Å². The summed E-state index contributed by atoms with van der Waals surface area (Å²) < 4.78 is 0. The second-order valence-corrected chi connectivity index (χ2v) is 8.45. The Kier molecular flexibility index (Phi) is 5.36. The Bertz CT molecular complexity index is 817. The van der Waals surface area contributed by atoms with Crippen LogP contribution in [0.25, 0.3) is 0 Å². The first kappa shape index (κ1) is 19.2. The monoisotopic (exact) mass is 364 g/mol. The fourth-order valence-corrected chi connectivity index (χ4v) is 3.35. The van der Waals surface area contributed by atoms with Crippen LogP contribution < -0.4 is 10.2 Å². The Balaban J connectivity index is 1.56. The molecule has 0 aromatic heterocycles. The normalized spacial score (nSPS) is 17.3. The van der Waals surface area contributed by atoms with Crippen molar-refractivity contribution in [3.05, 3.63) is 65.2 Å². The molecule has 1 atom stereocenters. The topological polar surface area (TPSA) is 49.4 Å². The number of aryl methyl sites for hydroxylation is 1. The summed E-state index contributed by atoms with van der Waals surface area (Å²) in [4.78, 5) is 26.6. The van der Waals surface area contributed by atoms with E-state index in [-0.39, 0.29) is 23.1 Å². The van der Waals surface area contributed by atoms with E-state index < -0.39 is 0 Å². The van der Waals surface area contributed by atoms with E-state index in [4.69, 9.17) is 0 Å². The number of benzene rings is 2. The summed E-state index contributed by atoms with van der Waals surface area (Å²) >= 11 is 0. The van der Waals surface area contributed by atoms with Crippen molar-refractivity contribution >= 4 is 17.5 Å². The predicted molar refractivity (Wildman–Crippen MR) is 109 cm³/mol. The van der Waals surface area contributed by atoms with Crippen molar-refractivity contribution in [3.8, 4) is 0 Å². The number of nitrogens with zero attached hydrogens (tertiary/aromatic N) is 1. The third kappa shape index (κ3) is 4.57. The fourth-order valence-electron chi connectivity index (χ4n) is 3.35. The van der Waals surface area contributed by atoms with Crippen molar-refractivity contribution in [1.82, 2.24) is 5.32 Å². The molecule has 2 aromatic rings. The van der Waals surface area contributed by atoms with Gasteiger partial charge in [-0.15, -0.1) is 0 Å². The number of nitrogens with one attached hydrogen (secondary N) is 1. The summed E-state index contributed by atoms with van der Waals surface area (Å²) in [5.74, 6) is 0.168. The molecule has 4 heteroatoms. The highest BCUT2D eigenvalue weighted by molar-refractivity contribution is 5.96. The standard InChI is InChI=1S/C23H28N2O2/c1-16-5-11-20(12-6-16)25-15-17(13-21(25)26)14-24-22(27)18-7-9-19(10-8-18)23(2,3)4/h5-12,17H,13-15H2,1-4H3,(H,24,27). The smallest absolute Gasteiger partial charge is 0.251 e. The minimum Gasteiger partial charge on any atom is -0.352 e. The molecule has 4 nitrogen and oxygen atoms in total. The van der Waals surface area contributed by atoms with Crippen molar-refractivity contribution in [3.63, 3.8) is 0 Å². The minimum atomic E-state index is -0.0864. The number of carbonyl (C=O) groups excluding carboxylic acids is 2. The van der Waals surface area contributed by atoms with Gasteiger partial charge in [-0.1, -0.05) is 50.6 Å². The maximum absolute atomic E-state index is 12.4. The lowest BCUT2D eigenvalue weighted by Crippen LogP contribution is -2.31. The molecule has 1 saturated heterocycles. The van der Waals surface area contributed by atoms with E-state index in [9.17, 15) is 9.59 Å². The van der Waals surface area contributed by atoms with E-state index in [0.717, 1.165) is 5.69 Å². The minimum absolute atomic E-state index is 0.0681. The second kappa shape index (κ2) is 7.55. The Morgan fingerprint density at radius 3 is 2.30 bits per heavy atom. The van der Waals surface area contributed by atoms with Gasteiger partial charge in [0, 0.05) is 36.7 Å². The van der Waals surface area contributed by atoms with Crippen molar-refractivity contribution in [2.45, 2.75) is 39.5 Å². The van der Waals surface area contributed by atoms with Gasteiger partial charge in [0.2, 0.25) is 5.91 Å². The van der Waals surface area contributed by atoms with Crippen LogP contribution in [0.4, 0.5) is 5.69 Å². The summed E-state index contributed by atoms with van der Waals surface area (Å²) in [6.45, 7) is 9.64. The molecule has 0 radical (unpaired) electrons. The van der Waals surface area contributed by atoms with E-state index in [1.54, 1.807) is 0 Å². The SMILES string of the molecule is Cc1ccc(N2CC(CNC(=O)c3ccc(C(C)(C)C)cc3)CC2=O)cc1. The molecule has 27 heavy (non-hydrogen) atoms. The Labute approximate surface area is 161 Å². The molecule has 1 heterocycles. The molecule has 0 aliphatic carbocycles. The number of hydrogen-bond acceptors (Lipinski definition) is 2. The molecule has 2 aromatic carbocycles. The molecule has 0 saturated carbocycles. The predicted octanol–water partition coefficient (Wildman–Crippen LogP) is 4.08. The number of amides is 2. The first-order chi connectivity index (χ1) is 12.7. The molecular weight excluding hydrogens is 336 g/mol. The lowest BCUT2D eigenvalue weighted by molar-refractivity contribution is -0.117. The average molecular weight is 364 g/mol. The maximum atomic E-state index is 12.4. The van der Waals surface area contributed by atoms with Gasteiger partial charge in [0.05, 0.1) is 0 Å². The molecule has 1 fully saturated rings. The lowest BCUT2D eigenvalue weighted by atomic mass is 9.87. The van der Waals surface area contributed by atoms with Gasteiger partial charge in [-0.25, -0.2) is 0 Å². The molecule has 142 valence electrons. The molecule has 1 aliphatic rings. The van der Waals surface area contributed by atoms with E-state index in [2.05, 4.69) is 26.1 Å². The van der Waals surface area contributed by atoms with Crippen LogP contribution in [-0.2, 0) is 10.2 Å². The van der Waals surface area contributed by atoms with Crippen LogP contribution in [0.3, 0.4) is 0 Å². The van der Waals surface area contributed by atoms with E-state index >= 15 is 0 Å². The zero-order valence-electron chi connectivity index (χ0n) is 16.6. The molecular formula is C23H28N2O2. The second-order valence-electron chi connectivity index (χ2n) is 8.45. The Morgan fingerprint density at radius 2 is 1.70 bits per heavy atom. The molecule has 0 bridgehead atoms. The van der Waals surface area contributed by atoms with Gasteiger partial charge in [-0.3, -0.25) is 9.59 Å². The molecule has 1 unspecified atom stereocenters. The summed E-state index contributed by atoms with van der Waals surface area (Å²) in [5.41, 5.74) is 4.03. The van der Waals surface area contributed by atoms with Crippen molar-refractivity contribution in [2.24, 2.45) is 5.92 Å². The first-order valence-corrected chi connectivity index (χ1v) is 9.50. The number of carbonyl (C=O) groups is 2. The Morgan fingerprint density at radius 1 is 1.07 bits per heavy atom. The van der Waals surface area contributed by atoms with Gasteiger partial charge in [0.15, 0.2) is 0 Å². The summed E-state index contributed by atoms with van der Waals surface area (Å²) in [5, 5.41) is 2.98. The average Bonchev–Trinajstić information content (AvgIpc) is 3.00. The third-order valence-corrected chi connectivity index (χ3v) is 5.12. The highest BCUT2D eigenvalue weighted by Crippen LogP contribution is 2.25. The summed E-state index contributed by atoms with van der Waals surface area (Å²) in [7, 11) is 0. The van der Waals surface area contributed by atoms with Gasteiger partial charge in [0.25, 0.3) is 5.91 Å². The van der Waals surface area contributed by atoms with Gasteiger partial charge in [-0.05, 0) is 42.2 Å². The van der Waals surface area contributed by atoms with Gasteiger partial charge < -0.3 is 10.2 Å². The van der Waals surface area contributed by atoms with Crippen LogP contribution in [0, 0.1) is 12.8 Å². The van der Waals surface area contributed by atoms with Crippen LogP contribution in [-0.4, -0.2) is 24.9 Å². The molecule has 3 rings (SSSR count). The fraction of sp³-hybridized carbons (Fsp3) is 0.391. The maximum Gasteiger partial charge on any atom is 0.251 e. The molecule has 1 aliphatic heterocycles. The van der Waals surface area contributed by atoms with Gasteiger partial charge >= 0.3 is 0 Å². The molecule has 1 N–H and O–H groups in total. The van der Waals surface area contributed by atoms with Crippen LogP contribution in [0.5, 0.6) is 0 Å². The van der Waals surface area contributed by atoms with Crippen LogP contribution in [0.2, 0.25) is 0 Å². The van der Waals surface area contributed by atoms with E-state index in [1.165, 1.54) is 11.1 Å². The largest absolute Gasteiger partial charge is 0.352 e. The van der Waals surface area contributed by atoms with Crippen molar-refractivity contribution < 1.29 is 9.59 Å². The van der Waals surface area contributed by atoms with E-state index in [1.807, 2.05) is 60.4 Å². The lowest BCUT2D eigenvalue weighted by Gasteiger charge is -2.19. The van der Waals surface area contributed by atoms with Crippen molar-refractivity contribution in [2.75, 3.05) is 18.0 Å². The number of anilines is 1. The van der Waals surface area contributed by atoms with Crippen LogP contribution in [0.1, 0.15) is 48.7 Å². The number of rotatable bonds is 4. The highest BCUT2D eigenvalue weighted by atomic mass is 16.2.